The normalized spacial score (nSPS) is 10.1. The fraction of sp³-hybridized carbons (Fsp3) is 0.222. The summed E-state index contributed by atoms with van der Waals surface area (Å²) >= 11 is 0. The highest BCUT2D eigenvalue weighted by atomic mass is 16.5. The summed E-state index contributed by atoms with van der Waals surface area (Å²) < 4.78 is 17.5. The summed E-state index contributed by atoms with van der Waals surface area (Å²) in [6.45, 7) is 3.17. The zero-order valence-electron chi connectivity index (χ0n) is 18.7. The van der Waals surface area contributed by atoms with Gasteiger partial charge in [0.25, 0.3) is 0 Å². The topological polar surface area (TPSA) is 102 Å². The molecule has 0 fully saturated rings. The molecule has 170 valence electrons. The minimum atomic E-state index is 0.433. The van der Waals surface area contributed by atoms with E-state index in [0.717, 1.165) is 0 Å². The number of nitrogens with zero attached hydrogens (tertiary/aromatic N) is 4. The van der Waals surface area contributed by atoms with Gasteiger partial charge in [0.1, 0.15) is 37.1 Å². The summed E-state index contributed by atoms with van der Waals surface area (Å²) in [4.78, 5) is 2.15. The van der Waals surface area contributed by atoms with Gasteiger partial charge >= 0.3 is 0 Å². The van der Waals surface area contributed by atoms with Crippen LogP contribution in [0.3, 0.4) is 0 Å². The zero-order valence-corrected chi connectivity index (χ0v) is 18.7. The monoisotopic (exact) mass is 452 g/mol. The van der Waals surface area contributed by atoms with Crippen LogP contribution in [0, 0.1) is 34.0 Å². The van der Waals surface area contributed by atoms with E-state index in [2.05, 4.69) is 23.1 Å². The molecule has 0 saturated carbocycles. The molecule has 0 atom stereocenters. The van der Waals surface area contributed by atoms with E-state index in [4.69, 9.17) is 30.0 Å². The second-order valence-corrected chi connectivity index (χ2v) is 7.31. The summed E-state index contributed by atoms with van der Waals surface area (Å²) in [5, 5.41) is 27.1. The van der Waals surface area contributed by atoms with Crippen LogP contribution in [0.15, 0.2) is 72.8 Å². The van der Waals surface area contributed by atoms with Crippen molar-refractivity contribution in [1.82, 2.24) is 4.90 Å². The number of nitriles is 3. The first kappa shape index (κ1) is 24.1. The Bertz CT molecular complexity index is 1060. The van der Waals surface area contributed by atoms with Crippen LogP contribution >= 0.6 is 0 Å². The van der Waals surface area contributed by atoms with Crippen molar-refractivity contribution in [2.45, 2.75) is 0 Å². The molecule has 0 aliphatic rings. The van der Waals surface area contributed by atoms with Crippen LogP contribution < -0.4 is 14.2 Å². The van der Waals surface area contributed by atoms with Gasteiger partial charge in [0.15, 0.2) is 0 Å². The van der Waals surface area contributed by atoms with E-state index in [1.54, 1.807) is 54.6 Å². The Morgan fingerprint density at radius 1 is 0.529 bits per heavy atom. The lowest BCUT2D eigenvalue weighted by Gasteiger charge is -2.22. The van der Waals surface area contributed by atoms with Crippen molar-refractivity contribution in [3.8, 4) is 35.5 Å². The smallest absolute Gasteiger partial charge is 0.120 e. The molecule has 0 amide bonds. The Kier molecular flexibility index (Phi) is 9.32. The number of rotatable bonds is 12. The Morgan fingerprint density at radius 2 is 0.853 bits per heavy atom. The van der Waals surface area contributed by atoms with E-state index in [-0.39, 0.29) is 0 Å². The molecule has 3 aromatic rings. The third kappa shape index (κ3) is 7.88. The van der Waals surface area contributed by atoms with Crippen molar-refractivity contribution >= 4 is 0 Å². The third-order valence-electron chi connectivity index (χ3n) is 4.92. The van der Waals surface area contributed by atoms with Gasteiger partial charge in [-0.2, -0.15) is 15.8 Å². The van der Waals surface area contributed by atoms with Crippen molar-refractivity contribution in [3.63, 3.8) is 0 Å². The first-order chi connectivity index (χ1) is 16.7. The molecule has 7 nitrogen and oxygen atoms in total. The van der Waals surface area contributed by atoms with Gasteiger partial charge in [-0.05, 0) is 54.6 Å². The van der Waals surface area contributed by atoms with Gasteiger partial charge in [-0.25, -0.2) is 0 Å². The molecule has 3 rings (SSSR count). The van der Waals surface area contributed by atoms with Gasteiger partial charge in [-0.3, -0.25) is 4.90 Å². The molecule has 0 aromatic heterocycles. The Morgan fingerprint density at radius 3 is 1.15 bits per heavy atom. The van der Waals surface area contributed by atoms with E-state index < -0.39 is 0 Å². The minimum absolute atomic E-state index is 0.433. The molecule has 0 spiro atoms. The van der Waals surface area contributed by atoms with Crippen molar-refractivity contribution in [2.24, 2.45) is 0 Å². The lowest BCUT2D eigenvalue weighted by Crippen LogP contribution is -2.35. The van der Waals surface area contributed by atoms with Gasteiger partial charge in [-0.1, -0.05) is 18.2 Å². The molecule has 0 heterocycles. The van der Waals surface area contributed by atoms with Crippen molar-refractivity contribution in [2.75, 3.05) is 39.5 Å². The van der Waals surface area contributed by atoms with Crippen LogP contribution in [0.1, 0.15) is 16.7 Å². The highest BCUT2D eigenvalue weighted by Gasteiger charge is 2.08. The average Bonchev–Trinajstić information content (AvgIpc) is 2.88. The van der Waals surface area contributed by atoms with E-state index in [1.165, 1.54) is 0 Å². The summed E-state index contributed by atoms with van der Waals surface area (Å²) in [7, 11) is 0. The first-order valence-electron chi connectivity index (χ1n) is 10.8. The molecular formula is C27H24N4O3. The molecule has 7 heteroatoms. The number of hydrogen-bond acceptors (Lipinski definition) is 7. The maximum absolute atomic E-state index is 9.05. The standard InChI is InChI=1S/C27H24N4O3/c28-19-22-4-1-7-25(16-22)32-13-10-31(11-14-33-26-8-2-5-23(17-26)20-29)12-15-34-27-9-3-6-24(18-27)21-30/h1-9,16-18H,10-15H2. The molecule has 0 aliphatic heterocycles. The SMILES string of the molecule is N#Cc1cccc(OCCN(CCOc2cccc(C#N)c2)CCOc2cccc(C#N)c2)c1. The van der Waals surface area contributed by atoms with Crippen molar-refractivity contribution in [1.29, 1.82) is 15.8 Å². The van der Waals surface area contributed by atoms with Gasteiger partial charge in [-0.15, -0.1) is 0 Å². The van der Waals surface area contributed by atoms with Crippen LogP contribution in [0.4, 0.5) is 0 Å². The fourth-order valence-corrected chi connectivity index (χ4v) is 3.18. The highest BCUT2D eigenvalue weighted by Crippen LogP contribution is 2.15. The number of ether oxygens (including phenoxy) is 3. The van der Waals surface area contributed by atoms with Crippen LogP contribution in [-0.4, -0.2) is 44.4 Å². The Hall–Kier alpha value is -4.51. The largest absolute Gasteiger partial charge is 0.492 e. The van der Waals surface area contributed by atoms with Crippen LogP contribution in [0.25, 0.3) is 0 Å². The van der Waals surface area contributed by atoms with Crippen LogP contribution in [0.2, 0.25) is 0 Å². The zero-order chi connectivity index (χ0) is 24.0. The second kappa shape index (κ2) is 13.1. The molecular weight excluding hydrogens is 428 g/mol. The lowest BCUT2D eigenvalue weighted by atomic mass is 10.2. The molecule has 0 aliphatic carbocycles. The Balaban J connectivity index is 1.53. The molecule has 0 radical (unpaired) electrons. The second-order valence-electron chi connectivity index (χ2n) is 7.31. The average molecular weight is 453 g/mol. The highest BCUT2D eigenvalue weighted by molar-refractivity contribution is 5.37. The van der Waals surface area contributed by atoms with E-state index in [0.29, 0.717) is 73.4 Å². The lowest BCUT2D eigenvalue weighted by molar-refractivity contribution is 0.153. The molecule has 0 saturated heterocycles. The molecule has 0 unspecified atom stereocenters. The third-order valence-corrected chi connectivity index (χ3v) is 4.92. The fourth-order valence-electron chi connectivity index (χ4n) is 3.18. The van der Waals surface area contributed by atoms with Gasteiger partial charge in [0.2, 0.25) is 0 Å². The van der Waals surface area contributed by atoms with E-state index in [1.807, 2.05) is 18.2 Å². The van der Waals surface area contributed by atoms with E-state index in [9.17, 15) is 0 Å². The quantitative estimate of drug-likeness (QED) is 0.407. The molecule has 34 heavy (non-hydrogen) atoms. The number of hydrogen-bond donors (Lipinski definition) is 0. The summed E-state index contributed by atoms with van der Waals surface area (Å²) in [6.07, 6.45) is 0. The first-order valence-corrected chi connectivity index (χ1v) is 10.8. The molecule has 0 N–H and O–H groups in total. The predicted octanol–water partition coefficient (Wildman–Crippen LogP) is 4.14. The molecule has 0 bridgehead atoms. The Labute approximate surface area is 199 Å². The maximum atomic E-state index is 9.05. The van der Waals surface area contributed by atoms with E-state index >= 15 is 0 Å². The van der Waals surface area contributed by atoms with Crippen LogP contribution in [0.5, 0.6) is 17.2 Å². The number of benzene rings is 3. The van der Waals surface area contributed by atoms with Crippen molar-refractivity contribution < 1.29 is 14.2 Å². The van der Waals surface area contributed by atoms with Crippen LogP contribution in [-0.2, 0) is 0 Å². The van der Waals surface area contributed by atoms with Gasteiger partial charge in [0.05, 0.1) is 34.9 Å². The molecule has 3 aromatic carbocycles. The summed E-state index contributed by atoms with van der Waals surface area (Å²) in [5.74, 6) is 1.94. The predicted molar refractivity (Wildman–Crippen MR) is 126 cm³/mol. The minimum Gasteiger partial charge on any atom is -0.492 e. The summed E-state index contributed by atoms with van der Waals surface area (Å²) in [5.41, 5.74) is 1.65. The van der Waals surface area contributed by atoms with Crippen molar-refractivity contribution in [3.05, 3.63) is 89.5 Å². The summed E-state index contributed by atoms with van der Waals surface area (Å²) in [6, 6.07) is 27.5. The van der Waals surface area contributed by atoms with Gasteiger partial charge in [0, 0.05) is 19.6 Å². The maximum Gasteiger partial charge on any atom is 0.120 e. The van der Waals surface area contributed by atoms with Gasteiger partial charge < -0.3 is 14.2 Å².